The number of carbonyl (C=O) groups excluding carboxylic acids is 1. The minimum Gasteiger partial charge on any atom is -0.464 e. The van der Waals surface area contributed by atoms with E-state index in [2.05, 4.69) is 9.72 Å². The molecule has 1 aromatic heterocycles. The summed E-state index contributed by atoms with van der Waals surface area (Å²) in [5.74, 6) is -0.449. The van der Waals surface area contributed by atoms with Gasteiger partial charge in [0, 0.05) is 11.8 Å². The Balaban J connectivity index is 2.12. The molecule has 1 aliphatic rings. The van der Waals surface area contributed by atoms with Crippen LogP contribution in [-0.4, -0.2) is 31.3 Å². The Hall–Kier alpha value is -1.46. The van der Waals surface area contributed by atoms with Crippen LogP contribution >= 0.6 is 0 Å². The van der Waals surface area contributed by atoms with Gasteiger partial charge < -0.3 is 14.2 Å². The normalized spacial score (nSPS) is 16.6. The van der Waals surface area contributed by atoms with E-state index < -0.39 is 5.97 Å². The van der Waals surface area contributed by atoms with Crippen LogP contribution in [0.25, 0.3) is 0 Å². The second kappa shape index (κ2) is 4.37. The molecule has 0 unspecified atom stereocenters. The Bertz CT molecular complexity index is 343. The number of hydrogen-bond acceptors (Lipinski definition) is 5. The van der Waals surface area contributed by atoms with Crippen molar-refractivity contribution in [1.82, 2.24) is 4.98 Å². The van der Waals surface area contributed by atoms with Gasteiger partial charge in [-0.05, 0) is 12.1 Å². The van der Waals surface area contributed by atoms with Crippen molar-refractivity contribution in [1.29, 1.82) is 0 Å². The van der Waals surface area contributed by atoms with Gasteiger partial charge in [-0.1, -0.05) is 0 Å². The van der Waals surface area contributed by atoms with Gasteiger partial charge in [0.2, 0.25) is 0 Å². The molecule has 0 amide bonds. The Kier molecular flexibility index (Phi) is 2.94. The zero-order chi connectivity index (χ0) is 10.7. The topological polar surface area (TPSA) is 57.7 Å². The highest BCUT2D eigenvalue weighted by Crippen LogP contribution is 2.22. The molecule has 5 nitrogen and oxygen atoms in total. The third-order valence-corrected chi connectivity index (χ3v) is 2.07. The first-order valence-corrected chi connectivity index (χ1v) is 4.59. The van der Waals surface area contributed by atoms with Crippen LogP contribution in [0.5, 0.6) is 0 Å². The SMILES string of the molecule is COC(=O)c1ccc(C2OCCO2)cn1. The van der Waals surface area contributed by atoms with Crippen molar-refractivity contribution < 1.29 is 19.0 Å². The zero-order valence-corrected chi connectivity index (χ0v) is 8.30. The lowest BCUT2D eigenvalue weighted by Gasteiger charge is -2.08. The van der Waals surface area contributed by atoms with E-state index in [1.54, 1.807) is 18.3 Å². The van der Waals surface area contributed by atoms with Crippen molar-refractivity contribution in [3.8, 4) is 0 Å². The predicted molar refractivity (Wildman–Crippen MR) is 50.2 cm³/mol. The zero-order valence-electron chi connectivity index (χ0n) is 8.30. The van der Waals surface area contributed by atoms with Crippen LogP contribution in [0.2, 0.25) is 0 Å². The van der Waals surface area contributed by atoms with Crippen LogP contribution in [0, 0.1) is 0 Å². The first-order chi connectivity index (χ1) is 7.31. The van der Waals surface area contributed by atoms with E-state index in [4.69, 9.17) is 9.47 Å². The summed E-state index contributed by atoms with van der Waals surface area (Å²) in [4.78, 5) is 15.1. The molecule has 2 rings (SSSR count). The molecule has 80 valence electrons. The number of hydrogen-bond donors (Lipinski definition) is 0. The highest BCUT2D eigenvalue weighted by atomic mass is 16.7. The first-order valence-electron chi connectivity index (χ1n) is 4.59. The van der Waals surface area contributed by atoms with E-state index >= 15 is 0 Å². The minimum absolute atomic E-state index is 0.277. The molecule has 1 fully saturated rings. The average Bonchev–Trinajstić information content (AvgIpc) is 2.82. The summed E-state index contributed by atoms with van der Waals surface area (Å²) in [6.45, 7) is 1.17. The molecular weight excluding hydrogens is 198 g/mol. The van der Waals surface area contributed by atoms with Crippen molar-refractivity contribution in [3.63, 3.8) is 0 Å². The van der Waals surface area contributed by atoms with Crippen molar-refractivity contribution >= 4 is 5.97 Å². The van der Waals surface area contributed by atoms with Crippen LogP contribution in [0.1, 0.15) is 22.3 Å². The highest BCUT2D eigenvalue weighted by molar-refractivity contribution is 5.86. The van der Waals surface area contributed by atoms with Crippen LogP contribution in [-0.2, 0) is 14.2 Å². The molecule has 0 bridgehead atoms. The number of pyridine rings is 1. The van der Waals surface area contributed by atoms with Crippen molar-refractivity contribution in [3.05, 3.63) is 29.6 Å². The molecule has 0 saturated carbocycles. The smallest absolute Gasteiger partial charge is 0.356 e. The van der Waals surface area contributed by atoms with Crippen molar-refractivity contribution in [2.75, 3.05) is 20.3 Å². The summed E-state index contributed by atoms with van der Waals surface area (Å²) in [5, 5.41) is 0. The Morgan fingerprint density at radius 2 is 2.20 bits per heavy atom. The van der Waals surface area contributed by atoms with E-state index in [-0.39, 0.29) is 12.0 Å². The monoisotopic (exact) mass is 209 g/mol. The molecule has 0 spiro atoms. The summed E-state index contributed by atoms with van der Waals surface area (Å²) >= 11 is 0. The van der Waals surface area contributed by atoms with Gasteiger partial charge in [0.15, 0.2) is 6.29 Å². The molecule has 15 heavy (non-hydrogen) atoms. The molecule has 0 atom stereocenters. The van der Waals surface area contributed by atoms with Gasteiger partial charge in [0.1, 0.15) is 5.69 Å². The predicted octanol–water partition coefficient (Wildman–Crippen LogP) is 0.914. The third-order valence-electron chi connectivity index (χ3n) is 2.07. The van der Waals surface area contributed by atoms with Crippen molar-refractivity contribution in [2.45, 2.75) is 6.29 Å². The van der Waals surface area contributed by atoms with Gasteiger partial charge >= 0.3 is 5.97 Å². The quantitative estimate of drug-likeness (QED) is 0.678. The molecular formula is C10H11NO4. The van der Waals surface area contributed by atoms with Gasteiger partial charge in [-0.15, -0.1) is 0 Å². The summed E-state index contributed by atoms with van der Waals surface area (Å²) in [6.07, 6.45) is 1.20. The number of nitrogens with zero attached hydrogens (tertiary/aromatic N) is 1. The summed E-state index contributed by atoms with van der Waals surface area (Å²) in [5.41, 5.74) is 1.08. The number of methoxy groups -OCH3 is 1. The van der Waals surface area contributed by atoms with Crippen LogP contribution < -0.4 is 0 Å². The average molecular weight is 209 g/mol. The van der Waals surface area contributed by atoms with E-state index in [1.807, 2.05) is 0 Å². The number of aromatic nitrogens is 1. The second-order valence-electron chi connectivity index (χ2n) is 3.04. The minimum atomic E-state index is -0.449. The third kappa shape index (κ3) is 2.14. The first kappa shape index (κ1) is 10.1. The Labute approximate surface area is 87.0 Å². The fourth-order valence-corrected chi connectivity index (χ4v) is 1.32. The van der Waals surface area contributed by atoms with E-state index in [9.17, 15) is 4.79 Å². The lowest BCUT2D eigenvalue weighted by molar-refractivity contribution is -0.0443. The number of carbonyl (C=O) groups is 1. The Morgan fingerprint density at radius 3 is 2.73 bits per heavy atom. The molecule has 0 aromatic carbocycles. The number of rotatable bonds is 2. The van der Waals surface area contributed by atoms with Gasteiger partial charge in [0.25, 0.3) is 0 Å². The molecule has 2 heterocycles. The van der Waals surface area contributed by atoms with Crippen molar-refractivity contribution in [2.24, 2.45) is 0 Å². The lowest BCUT2D eigenvalue weighted by atomic mass is 10.2. The molecule has 1 saturated heterocycles. The largest absolute Gasteiger partial charge is 0.464 e. The fraction of sp³-hybridized carbons (Fsp3) is 0.400. The Morgan fingerprint density at radius 1 is 1.47 bits per heavy atom. The van der Waals surface area contributed by atoms with Gasteiger partial charge in [0.05, 0.1) is 20.3 Å². The summed E-state index contributed by atoms with van der Waals surface area (Å²) < 4.78 is 15.1. The van der Waals surface area contributed by atoms with Gasteiger partial charge in [-0.3, -0.25) is 0 Å². The van der Waals surface area contributed by atoms with Gasteiger partial charge in [-0.25, -0.2) is 9.78 Å². The molecule has 5 heteroatoms. The molecule has 0 N–H and O–H groups in total. The second-order valence-corrected chi connectivity index (χ2v) is 3.04. The summed E-state index contributed by atoms with van der Waals surface area (Å²) in [7, 11) is 1.32. The highest BCUT2D eigenvalue weighted by Gasteiger charge is 2.19. The summed E-state index contributed by atoms with van der Waals surface area (Å²) in [6, 6.07) is 3.33. The maximum absolute atomic E-state index is 11.1. The van der Waals surface area contributed by atoms with E-state index in [1.165, 1.54) is 7.11 Å². The lowest BCUT2D eigenvalue weighted by Crippen LogP contribution is -2.05. The number of esters is 1. The van der Waals surface area contributed by atoms with Gasteiger partial charge in [-0.2, -0.15) is 0 Å². The van der Waals surface area contributed by atoms with Crippen LogP contribution in [0.15, 0.2) is 18.3 Å². The molecule has 1 aromatic rings. The van der Waals surface area contributed by atoms with Crippen LogP contribution in [0.4, 0.5) is 0 Å². The standard InChI is InChI=1S/C10H11NO4/c1-13-9(12)8-3-2-7(6-11-8)10-14-4-5-15-10/h2-3,6,10H,4-5H2,1H3. The maximum Gasteiger partial charge on any atom is 0.356 e. The molecule has 1 aliphatic heterocycles. The number of ether oxygens (including phenoxy) is 3. The van der Waals surface area contributed by atoms with E-state index in [0.29, 0.717) is 13.2 Å². The maximum atomic E-state index is 11.1. The molecule has 0 radical (unpaired) electrons. The molecule has 0 aliphatic carbocycles. The van der Waals surface area contributed by atoms with E-state index in [0.717, 1.165) is 5.56 Å². The fourth-order valence-electron chi connectivity index (χ4n) is 1.32. The van der Waals surface area contributed by atoms with Crippen LogP contribution in [0.3, 0.4) is 0 Å².